The van der Waals surface area contributed by atoms with Gasteiger partial charge in [0.1, 0.15) is 0 Å². The number of anilines is 2. The summed E-state index contributed by atoms with van der Waals surface area (Å²) in [6, 6.07) is 17.9. The lowest BCUT2D eigenvalue weighted by Crippen LogP contribution is -2.18. The quantitative estimate of drug-likeness (QED) is 0.245. The van der Waals surface area contributed by atoms with Crippen LogP contribution in [0.4, 0.5) is 11.4 Å². The topological polar surface area (TPSA) is 134 Å². The lowest BCUT2D eigenvalue weighted by Gasteiger charge is -2.19. The Morgan fingerprint density at radius 2 is 1.29 bits per heavy atom. The predicted molar refractivity (Wildman–Crippen MR) is 133 cm³/mol. The van der Waals surface area contributed by atoms with Crippen LogP contribution in [0, 0.1) is 0 Å². The van der Waals surface area contributed by atoms with Gasteiger partial charge in [-0.2, -0.15) is 5.10 Å². The van der Waals surface area contributed by atoms with Gasteiger partial charge in [-0.15, -0.1) is 0 Å². The van der Waals surface area contributed by atoms with Crippen molar-refractivity contribution in [2.24, 2.45) is 10.9 Å². The van der Waals surface area contributed by atoms with Crippen LogP contribution in [0.15, 0.2) is 71.8 Å². The van der Waals surface area contributed by atoms with E-state index in [-0.39, 0.29) is 22.4 Å². The Labute approximate surface area is 197 Å². The molecule has 3 aromatic rings. The average Bonchev–Trinajstić information content (AvgIpc) is 2.80. The molecule has 0 aliphatic rings. The summed E-state index contributed by atoms with van der Waals surface area (Å²) >= 11 is 0. The average molecular weight is 459 g/mol. The minimum atomic E-state index is -1.15. The lowest BCUT2D eigenvalue weighted by atomic mass is 9.87. The molecule has 0 aliphatic carbocycles. The van der Waals surface area contributed by atoms with E-state index in [0.717, 1.165) is 11.1 Å². The third-order valence-corrected chi connectivity index (χ3v) is 5.17. The van der Waals surface area contributed by atoms with E-state index in [1.807, 2.05) is 12.1 Å². The summed E-state index contributed by atoms with van der Waals surface area (Å²) in [5.41, 5.74) is 2.94. The number of nitrogens with one attached hydrogen (secondary N) is 2. The fraction of sp³-hybridized carbons (Fsp3) is 0.154. The summed E-state index contributed by atoms with van der Waals surface area (Å²) < 4.78 is 0. The molecule has 0 fully saturated rings. The predicted octanol–water partition coefficient (Wildman–Crippen LogP) is 4.48. The van der Waals surface area contributed by atoms with Crippen LogP contribution in [-0.2, 0) is 5.41 Å². The van der Waals surface area contributed by atoms with Crippen molar-refractivity contribution in [2.45, 2.75) is 26.2 Å². The number of hydrazone groups is 1. The van der Waals surface area contributed by atoms with Crippen molar-refractivity contribution in [1.82, 2.24) is 0 Å². The van der Waals surface area contributed by atoms with Crippen molar-refractivity contribution in [2.75, 3.05) is 10.6 Å². The van der Waals surface area contributed by atoms with E-state index in [0.29, 0.717) is 11.1 Å². The highest BCUT2D eigenvalue weighted by Crippen LogP contribution is 2.26. The van der Waals surface area contributed by atoms with Crippen LogP contribution in [0.3, 0.4) is 0 Å². The SMILES string of the molecule is CC(C)(C)c1ccc(C(=O)Nc2cc(C(=O)O)ccc2NC(=O)c2ccc(C=NN)cc2)cc1. The van der Waals surface area contributed by atoms with Gasteiger partial charge < -0.3 is 21.6 Å². The maximum Gasteiger partial charge on any atom is 0.335 e. The van der Waals surface area contributed by atoms with E-state index in [4.69, 9.17) is 5.84 Å². The number of nitrogens with two attached hydrogens (primary N) is 1. The number of aromatic carboxylic acids is 1. The normalized spacial score (nSPS) is 11.3. The van der Waals surface area contributed by atoms with Crippen LogP contribution >= 0.6 is 0 Å². The van der Waals surface area contributed by atoms with Crippen molar-refractivity contribution in [3.8, 4) is 0 Å². The number of carboxylic acids is 1. The Hall–Kier alpha value is -4.46. The van der Waals surface area contributed by atoms with Gasteiger partial charge in [0.15, 0.2) is 0 Å². The Kier molecular flexibility index (Phi) is 7.11. The summed E-state index contributed by atoms with van der Waals surface area (Å²) in [6.45, 7) is 6.23. The zero-order valence-electron chi connectivity index (χ0n) is 19.1. The molecule has 3 rings (SSSR count). The molecule has 174 valence electrons. The Bertz CT molecular complexity index is 1240. The molecule has 5 N–H and O–H groups in total. The Morgan fingerprint density at radius 3 is 1.79 bits per heavy atom. The van der Waals surface area contributed by atoms with Crippen LogP contribution in [0.25, 0.3) is 0 Å². The van der Waals surface area contributed by atoms with Crippen molar-refractivity contribution in [3.63, 3.8) is 0 Å². The molecular weight excluding hydrogens is 432 g/mol. The van der Waals surface area contributed by atoms with E-state index in [1.165, 1.54) is 24.4 Å². The number of amides is 2. The number of hydrogen-bond donors (Lipinski definition) is 4. The smallest absolute Gasteiger partial charge is 0.335 e. The molecule has 0 saturated heterocycles. The molecule has 3 aromatic carbocycles. The third kappa shape index (κ3) is 5.86. The van der Waals surface area contributed by atoms with Gasteiger partial charge in [0.05, 0.1) is 23.2 Å². The molecule has 0 unspecified atom stereocenters. The molecule has 0 aliphatic heterocycles. The van der Waals surface area contributed by atoms with E-state index in [2.05, 4.69) is 36.5 Å². The molecule has 0 spiro atoms. The minimum absolute atomic E-state index is 0.0261. The lowest BCUT2D eigenvalue weighted by molar-refractivity contribution is 0.0696. The Morgan fingerprint density at radius 1 is 0.794 bits per heavy atom. The zero-order chi connectivity index (χ0) is 24.9. The number of benzene rings is 3. The highest BCUT2D eigenvalue weighted by Gasteiger charge is 2.17. The van der Waals surface area contributed by atoms with E-state index >= 15 is 0 Å². The molecule has 34 heavy (non-hydrogen) atoms. The fourth-order valence-electron chi connectivity index (χ4n) is 3.21. The first-order chi connectivity index (χ1) is 16.1. The van der Waals surface area contributed by atoms with Gasteiger partial charge in [-0.25, -0.2) is 4.79 Å². The van der Waals surface area contributed by atoms with Gasteiger partial charge in [-0.1, -0.05) is 45.0 Å². The van der Waals surface area contributed by atoms with E-state index < -0.39 is 17.8 Å². The van der Waals surface area contributed by atoms with Crippen LogP contribution in [0.1, 0.15) is 63.0 Å². The zero-order valence-corrected chi connectivity index (χ0v) is 19.1. The molecule has 8 heteroatoms. The molecular formula is C26H26N4O4. The molecule has 0 atom stereocenters. The maximum absolute atomic E-state index is 12.9. The van der Waals surface area contributed by atoms with Gasteiger partial charge in [0.2, 0.25) is 0 Å². The van der Waals surface area contributed by atoms with Crippen molar-refractivity contribution >= 4 is 35.4 Å². The molecule has 0 radical (unpaired) electrons. The summed E-state index contributed by atoms with van der Waals surface area (Å²) in [4.78, 5) is 37.1. The van der Waals surface area contributed by atoms with Crippen molar-refractivity contribution < 1.29 is 19.5 Å². The van der Waals surface area contributed by atoms with Gasteiger partial charge >= 0.3 is 5.97 Å². The van der Waals surface area contributed by atoms with Gasteiger partial charge in [-0.3, -0.25) is 9.59 Å². The first-order valence-electron chi connectivity index (χ1n) is 10.5. The highest BCUT2D eigenvalue weighted by molar-refractivity contribution is 6.10. The van der Waals surface area contributed by atoms with E-state index in [1.54, 1.807) is 36.4 Å². The maximum atomic E-state index is 12.9. The second kappa shape index (κ2) is 9.99. The highest BCUT2D eigenvalue weighted by atomic mass is 16.4. The van der Waals surface area contributed by atoms with E-state index in [9.17, 15) is 19.5 Å². The molecule has 2 amide bonds. The summed E-state index contributed by atoms with van der Waals surface area (Å²) in [5, 5.41) is 18.2. The van der Waals surface area contributed by atoms with Crippen LogP contribution < -0.4 is 16.5 Å². The summed E-state index contributed by atoms with van der Waals surface area (Å²) in [6.07, 6.45) is 1.45. The molecule has 8 nitrogen and oxygen atoms in total. The summed E-state index contributed by atoms with van der Waals surface area (Å²) in [5.74, 6) is 3.13. The number of carboxylic acid groups (broad SMARTS) is 1. The number of rotatable bonds is 6. The second-order valence-corrected chi connectivity index (χ2v) is 8.70. The largest absolute Gasteiger partial charge is 0.478 e. The van der Waals surface area contributed by atoms with Crippen molar-refractivity contribution in [3.05, 3.63) is 94.5 Å². The standard InChI is InChI=1S/C26H26N4O4/c1-26(2,3)20-11-8-18(9-12-20)24(32)30-22-14-19(25(33)34)10-13-21(22)29-23(31)17-6-4-16(5-7-17)15-28-27/h4-15H,27H2,1-3H3,(H,29,31)(H,30,32)(H,33,34). The molecule has 0 bridgehead atoms. The van der Waals surface area contributed by atoms with Crippen LogP contribution in [0.5, 0.6) is 0 Å². The molecule has 0 aromatic heterocycles. The summed E-state index contributed by atoms with van der Waals surface area (Å²) in [7, 11) is 0. The minimum Gasteiger partial charge on any atom is -0.478 e. The number of carbonyl (C=O) groups is 3. The molecule has 0 heterocycles. The first-order valence-corrected chi connectivity index (χ1v) is 10.5. The van der Waals surface area contributed by atoms with Crippen LogP contribution in [0.2, 0.25) is 0 Å². The second-order valence-electron chi connectivity index (χ2n) is 8.70. The first kappa shape index (κ1) is 24.2. The third-order valence-electron chi connectivity index (χ3n) is 5.17. The number of hydrogen-bond acceptors (Lipinski definition) is 5. The Balaban J connectivity index is 1.85. The van der Waals surface area contributed by atoms with Gasteiger partial charge in [-0.05, 0) is 59.0 Å². The number of nitrogens with zero attached hydrogens (tertiary/aromatic N) is 1. The monoisotopic (exact) mass is 458 g/mol. The van der Waals surface area contributed by atoms with Crippen molar-refractivity contribution in [1.29, 1.82) is 0 Å². The van der Waals surface area contributed by atoms with Gasteiger partial charge in [0, 0.05) is 11.1 Å². The number of carbonyl (C=O) groups excluding carboxylic acids is 2. The van der Waals surface area contributed by atoms with Gasteiger partial charge in [0.25, 0.3) is 11.8 Å². The molecule has 0 saturated carbocycles. The fourth-order valence-corrected chi connectivity index (χ4v) is 3.21. The van der Waals surface area contributed by atoms with Crippen LogP contribution in [-0.4, -0.2) is 29.1 Å².